The first-order valence-electron chi connectivity index (χ1n) is 16.2. The highest BCUT2D eigenvalue weighted by Gasteiger charge is 2.63. The molecule has 6 heterocycles. The molecule has 3 unspecified atom stereocenters. The smallest absolute Gasteiger partial charge is 0.319 e. The topological polar surface area (TPSA) is 86.6 Å². The first-order chi connectivity index (χ1) is 21.8. The van der Waals surface area contributed by atoms with Crippen molar-refractivity contribution >= 4 is 50.1 Å². The summed E-state index contributed by atoms with van der Waals surface area (Å²) in [5.41, 5.74) is -0.783. The number of rotatable bonds is 5. The average molecular weight is 725 g/mol. The summed E-state index contributed by atoms with van der Waals surface area (Å²) < 4.78 is 40.2. The van der Waals surface area contributed by atoms with Gasteiger partial charge in [-0.2, -0.15) is 9.97 Å². The first kappa shape index (κ1) is 28.3. The Morgan fingerprint density at radius 1 is 1.09 bits per heavy atom. The van der Waals surface area contributed by atoms with Gasteiger partial charge in [0.25, 0.3) is 0 Å². The minimum atomic E-state index is -1.16. The van der Waals surface area contributed by atoms with Crippen molar-refractivity contribution in [3.05, 3.63) is 45.9 Å². The maximum absolute atomic E-state index is 16.8. The van der Waals surface area contributed by atoms with E-state index in [2.05, 4.69) is 47.7 Å². The third kappa shape index (κ3) is 4.43. The molecule has 45 heavy (non-hydrogen) atoms. The van der Waals surface area contributed by atoms with Crippen LogP contribution in [0.5, 0.6) is 11.8 Å². The predicted molar refractivity (Wildman–Crippen MR) is 177 cm³/mol. The van der Waals surface area contributed by atoms with Crippen LogP contribution in [0.25, 0.3) is 32.9 Å². The van der Waals surface area contributed by atoms with Gasteiger partial charge in [0.2, 0.25) is 0 Å². The van der Waals surface area contributed by atoms with E-state index in [1.165, 1.54) is 0 Å². The number of hydrogen-bond acceptors (Lipinski definition) is 8. The van der Waals surface area contributed by atoms with Gasteiger partial charge >= 0.3 is 6.01 Å². The molecule has 1 saturated carbocycles. The van der Waals surface area contributed by atoms with Crippen molar-refractivity contribution < 1.29 is 18.6 Å². The number of fused-ring (bicyclic) bond motifs is 7. The Morgan fingerprint density at radius 3 is 2.78 bits per heavy atom. The number of alkyl halides is 1. The summed E-state index contributed by atoms with van der Waals surface area (Å²) in [7, 11) is 0. The number of ether oxygens (including phenoxy) is 1. The van der Waals surface area contributed by atoms with Crippen molar-refractivity contribution in [2.45, 2.75) is 80.7 Å². The lowest BCUT2D eigenvalue weighted by molar-refractivity contribution is 0.0811. The van der Waals surface area contributed by atoms with E-state index in [4.69, 9.17) is 9.72 Å². The quantitative estimate of drug-likeness (QED) is 0.239. The predicted octanol–water partition coefficient (Wildman–Crippen LogP) is 6.11. The number of phenolic OH excluding ortho intramolecular Hbond substituents is 1. The van der Waals surface area contributed by atoms with Gasteiger partial charge in [0.15, 0.2) is 5.82 Å². The SMILES string of the molecule is Oc1cc(-c2ncc3c(N4CC5CCC(C4)N5)nc(OCC45CCCN4[C@H]4CCC[C@@]4(F)C5)nc3c2F)c2c(I)cccc2c1. The second-order valence-corrected chi connectivity index (χ2v) is 15.0. The van der Waals surface area contributed by atoms with Crippen LogP contribution in [0.1, 0.15) is 51.4 Å². The minimum absolute atomic E-state index is 0.0387. The number of aromatic nitrogens is 3. The van der Waals surface area contributed by atoms with Crippen LogP contribution in [0.3, 0.4) is 0 Å². The molecule has 4 aromatic rings. The van der Waals surface area contributed by atoms with E-state index in [9.17, 15) is 5.11 Å². The average Bonchev–Trinajstić information content (AvgIpc) is 3.74. The number of benzene rings is 2. The van der Waals surface area contributed by atoms with Crippen LogP contribution in [0.15, 0.2) is 36.5 Å². The third-order valence-electron chi connectivity index (χ3n) is 11.1. The highest BCUT2D eigenvalue weighted by atomic mass is 127. The van der Waals surface area contributed by atoms with Crippen molar-refractivity contribution in [2.24, 2.45) is 0 Å². The lowest BCUT2D eigenvalue weighted by atomic mass is 9.88. The number of nitrogens with zero attached hydrogens (tertiary/aromatic N) is 5. The molecule has 5 aliphatic rings. The lowest BCUT2D eigenvalue weighted by Crippen LogP contribution is -2.51. The van der Waals surface area contributed by atoms with Gasteiger partial charge in [-0.05, 0) is 97.7 Å². The Kier molecular flexibility index (Phi) is 6.49. The van der Waals surface area contributed by atoms with E-state index in [1.807, 2.05) is 18.2 Å². The largest absolute Gasteiger partial charge is 0.508 e. The van der Waals surface area contributed by atoms with E-state index in [0.717, 1.165) is 72.5 Å². The summed E-state index contributed by atoms with van der Waals surface area (Å²) in [5, 5.41) is 16.4. The fourth-order valence-corrected chi connectivity index (χ4v) is 10.1. The molecule has 8 nitrogen and oxygen atoms in total. The zero-order valence-corrected chi connectivity index (χ0v) is 27.1. The molecule has 2 N–H and O–H groups in total. The standard InChI is InChI=1S/C34H35F2IN6O2/c35-28-29(23-13-22(44)12-19-4-1-5-25(37)27(19)23)38-14-24-30(28)40-32(41-31(24)42-15-20-7-8-21(16-42)39-20)45-18-33-9-3-11-43(33)26-6-2-10-34(26,36)17-33/h1,4-5,12-14,20-21,26,39,44H,2-3,6-11,15-18H2/t20?,21?,26-,33?,34+/m0/s1. The molecular formula is C34H35F2IN6O2. The van der Waals surface area contributed by atoms with Crippen molar-refractivity contribution in [2.75, 3.05) is 31.1 Å². The number of halogens is 3. The molecule has 0 radical (unpaired) electrons. The summed E-state index contributed by atoms with van der Waals surface area (Å²) in [6.07, 6.45) is 8.65. The van der Waals surface area contributed by atoms with E-state index < -0.39 is 11.5 Å². The molecule has 4 aliphatic heterocycles. The van der Waals surface area contributed by atoms with E-state index in [1.54, 1.807) is 18.3 Å². The fraction of sp³-hybridized carbons (Fsp3) is 0.500. The van der Waals surface area contributed by atoms with E-state index in [-0.39, 0.29) is 41.2 Å². The lowest BCUT2D eigenvalue weighted by Gasteiger charge is -2.35. The molecular weight excluding hydrogens is 689 g/mol. The van der Waals surface area contributed by atoms with Crippen LogP contribution in [0.4, 0.5) is 14.6 Å². The number of anilines is 1. The van der Waals surface area contributed by atoms with Crippen molar-refractivity contribution in [1.82, 2.24) is 25.2 Å². The van der Waals surface area contributed by atoms with Crippen molar-refractivity contribution in [3.63, 3.8) is 0 Å². The molecule has 2 aromatic carbocycles. The molecule has 5 atom stereocenters. The second kappa shape index (κ2) is 10.3. The number of aromatic hydroxyl groups is 1. The molecule has 5 fully saturated rings. The molecule has 2 bridgehead atoms. The Bertz CT molecular complexity index is 1850. The monoisotopic (exact) mass is 724 g/mol. The fourth-order valence-electron chi connectivity index (χ4n) is 9.28. The summed E-state index contributed by atoms with van der Waals surface area (Å²) >= 11 is 2.23. The molecule has 4 saturated heterocycles. The van der Waals surface area contributed by atoms with E-state index in [0.29, 0.717) is 41.7 Å². The summed E-state index contributed by atoms with van der Waals surface area (Å²) in [4.78, 5) is 18.8. The Labute approximate surface area is 273 Å². The summed E-state index contributed by atoms with van der Waals surface area (Å²) in [6, 6.07) is 9.77. The van der Waals surface area contributed by atoms with Crippen molar-refractivity contribution in [1.29, 1.82) is 0 Å². The number of phenols is 1. The Morgan fingerprint density at radius 2 is 1.93 bits per heavy atom. The van der Waals surface area contributed by atoms with Gasteiger partial charge in [-0.3, -0.25) is 9.88 Å². The summed E-state index contributed by atoms with van der Waals surface area (Å²) in [5.74, 6) is 0.0778. The van der Waals surface area contributed by atoms with Gasteiger partial charge in [-0.25, -0.2) is 8.78 Å². The molecule has 234 valence electrons. The third-order valence-corrected chi connectivity index (χ3v) is 12.0. The van der Waals surface area contributed by atoms with Gasteiger partial charge in [0.05, 0.1) is 10.9 Å². The molecule has 11 heteroatoms. The Hall–Kier alpha value is -2.90. The van der Waals surface area contributed by atoms with Crippen LogP contribution in [0.2, 0.25) is 0 Å². The number of hydrogen-bond donors (Lipinski definition) is 2. The minimum Gasteiger partial charge on any atom is -0.508 e. The van der Waals surface area contributed by atoms with Crippen LogP contribution < -0.4 is 15.0 Å². The summed E-state index contributed by atoms with van der Waals surface area (Å²) in [6.45, 7) is 2.67. The van der Waals surface area contributed by atoms with Crippen molar-refractivity contribution in [3.8, 4) is 23.0 Å². The highest BCUT2D eigenvalue weighted by molar-refractivity contribution is 14.1. The molecule has 9 rings (SSSR count). The van der Waals surface area contributed by atoms with Crippen LogP contribution in [-0.2, 0) is 0 Å². The number of nitrogens with one attached hydrogen (secondary N) is 1. The molecule has 1 aliphatic carbocycles. The number of pyridine rings is 1. The first-order valence-corrected chi connectivity index (χ1v) is 17.3. The zero-order chi connectivity index (χ0) is 30.5. The van der Waals surface area contributed by atoms with Gasteiger partial charge < -0.3 is 20.1 Å². The number of piperazine rings is 1. The highest BCUT2D eigenvalue weighted by Crippen LogP contribution is 2.55. The zero-order valence-electron chi connectivity index (χ0n) is 24.9. The Balaban J connectivity index is 1.15. The molecule has 0 spiro atoms. The van der Waals surface area contributed by atoms with Gasteiger partial charge in [0.1, 0.15) is 35.1 Å². The van der Waals surface area contributed by atoms with Crippen LogP contribution in [-0.4, -0.2) is 80.5 Å². The molecule has 0 amide bonds. The molecule has 2 aromatic heterocycles. The van der Waals surface area contributed by atoms with Gasteiger partial charge in [0, 0.05) is 58.4 Å². The maximum Gasteiger partial charge on any atom is 0.319 e. The van der Waals surface area contributed by atoms with Gasteiger partial charge in [-0.1, -0.05) is 12.1 Å². The van der Waals surface area contributed by atoms with E-state index >= 15 is 8.78 Å². The second-order valence-electron chi connectivity index (χ2n) is 13.8. The normalized spacial score (nSPS) is 30.8. The van der Waals surface area contributed by atoms with Crippen LogP contribution >= 0.6 is 22.6 Å². The van der Waals surface area contributed by atoms with Crippen LogP contribution in [0, 0.1) is 9.39 Å². The van der Waals surface area contributed by atoms with Gasteiger partial charge in [-0.15, -0.1) is 0 Å². The maximum atomic E-state index is 16.8.